The summed E-state index contributed by atoms with van der Waals surface area (Å²) in [5.74, 6) is 0. The van der Waals surface area contributed by atoms with Gasteiger partial charge >= 0.3 is 0 Å². The van der Waals surface area contributed by atoms with Gasteiger partial charge in [0.1, 0.15) is 0 Å². The van der Waals surface area contributed by atoms with Gasteiger partial charge in [-0.1, -0.05) is 58.0 Å². The highest BCUT2D eigenvalue weighted by Gasteiger charge is 2.11. The summed E-state index contributed by atoms with van der Waals surface area (Å²) in [5, 5.41) is 2.87. The average Bonchev–Trinajstić information content (AvgIpc) is 3.01. The molecule has 0 saturated carbocycles. The minimum Gasteiger partial charge on any atom is -0.297 e. The molecule has 0 aliphatic carbocycles. The molecule has 0 aliphatic rings. The molecule has 0 spiro atoms. The molecule has 0 fully saturated rings. The summed E-state index contributed by atoms with van der Waals surface area (Å²) >= 11 is 0. The monoisotopic (exact) mass is 285 g/mol. The van der Waals surface area contributed by atoms with Gasteiger partial charge in [-0.25, -0.2) is 9.50 Å². The minimum atomic E-state index is -0.0660. The van der Waals surface area contributed by atoms with Crippen molar-refractivity contribution in [1.29, 1.82) is 0 Å². The van der Waals surface area contributed by atoms with Gasteiger partial charge in [-0.2, -0.15) is 0 Å². The van der Waals surface area contributed by atoms with Gasteiger partial charge in [0.05, 0.1) is 11.3 Å². The Hall–Kier alpha value is -2.36. The third-order valence-corrected chi connectivity index (χ3v) is 2.79. The fourth-order valence-electron chi connectivity index (χ4n) is 2.01. The van der Waals surface area contributed by atoms with Crippen LogP contribution < -0.4 is 5.56 Å². The summed E-state index contributed by atoms with van der Waals surface area (Å²) in [7, 11) is 0. The van der Waals surface area contributed by atoms with Gasteiger partial charge in [0.2, 0.25) is 0 Å². The first kappa shape index (κ1) is 16.7. The number of nitrogens with zero attached hydrogens (tertiary/aromatic N) is 2. The van der Waals surface area contributed by atoms with Crippen molar-refractivity contribution in [3.8, 4) is 11.1 Å². The van der Waals surface area contributed by atoms with E-state index in [4.69, 9.17) is 0 Å². The topological polar surface area (TPSA) is 50.2 Å². The van der Waals surface area contributed by atoms with E-state index in [2.05, 4.69) is 10.1 Å². The predicted molar refractivity (Wildman–Crippen MR) is 88.7 cm³/mol. The summed E-state index contributed by atoms with van der Waals surface area (Å²) in [6.07, 6.45) is 1.71. The molecule has 21 heavy (non-hydrogen) atoms. The van der Waals surface area contributed by atoms with E-state index in [0.717, 1.165) is 11.3 Å². The average molecular weight is 285 g/mol. The summed E-state index contributed by atoms with van der Waals surface area (Å²) in [4.78, 5) is 16.7. The van der Waals surface area contributed by atoms with Crippen LogP contribution in [0.3, 0.4) is 0 Å². The Kier molecular flexibility index (Phi) is 6.40. The third-order valence-electron chi connectivity index (χ3n) is 2.79. The SMILES string of the molecule is CC.CC.Cc1nc2cc[nH]n2c(=O)c1-c1ccccc1. The first-order chi connectivity index (χ1) is 10.3. The lowest BCUT2D eigenvalue weighted by molar-refractivity contribution is 0.893. The number of benzene rings is 1. The van der Waals surface area contributed by atoms with Crippen molar-refractivity contribution in [3.63, 3.8) is 0 Å². The third kappa shape index (κ3) is 3.40. The molecule has 112 valence electrons. The zero-order valence-corrected chi connectivity index (χ0v) is 13.3. The van der Waals surface area contributed by atoms with Gasteiger partial charge in [0, 0.05) is 12.3 Å². The van der Waals surface area contributed by atoms with Crippen LogP contribution >= 0.6 is 0 Å². The van der Waals surface area contributed by atoms with E-state index < -0.39 is 0 Å². The van der Waals surface area contributed by atoms with Crippen molar-refractivity contribution < 1.29 is 0 Å². The number of aromatic nitrogens is 3. The number of rotatable bonds is 1. The lowest BCUT2D eigenvalue weighted by atomic mass is 10.1. The molecule has 0 bridgehead atoms. The first-order valence-electron chi connectivity index (χ1n) is 7.39. The maximum absolute atomic E-state index is 12.3. The molecule has 3 aromatic rings. The smallest absolute Gasteiger partial charge is 0.280 e. The molecule has 4 nitrogen and oxygen atoms in total. The zero-order valence-electron chi connectivity index (χ0n) is 13.3. The molecule has 3 rings (SSSR count). The Morgan fingerprint density at radius 2 is 1.62 bits per heavy atom. The summed E-state index contributed by atoms with van der Waals surface area (Å²) in [6.45, 7) is 9.86. The number of aromatic amines is 1. The second-order valence-corrected chi connectivity index (χ2v) is 3.90. The normalized spacial score (nSPS) is 9.38. The van der Waals surface area contributed by atoms with Crippen LogP contribution in [-0.4, -0.2) is 14.6 Å². The van der Waals surface area contributed by atoms with E-state index in [-0.39, 0.29) is 5.56 Å². The molecular formula is C17H23N3O. The van der Waals surface area contributed by atoms with Crippen LogP contribution in [0.2, 0.25) is 0 Å². The van der Waals surface area contributed by atoms with Crippen molar-refractivity contribution in [3.05, 3.63) is 58.6 Å². The standard InChI is InChI=1S/C13H11N3O.2C2H6/c1-9-12(10-5-3-2-4-6-10)13(17)16-11(15-9)7-8-14-16;2*1-2/h2-8,14H,1H3;2*1-2H3. The van der Waals surface area contributed by atoms with Crippen LogP contribution in [0.15, 0.2) is 47.4 Å². The van der Waals surface area contributed by atoms with E-state index in [1.165, 1.54) is 4.52 Å². The number of H-pyrrole nitrogens is 1. The van der Waals surface area contributed by atoms with E-state index in [1.807, 2.05) is 65.0 Å². The van der Waals surface area contributed by atoms with Crippen LogP contribution in [0.5, 0.6) is 0 Å². The first-order valence-corrected chi connectivity index (χ1v) is 7.39. The van der Waals surface area contributed by atoms with E-state index >= 15 is 0 Å². The molecule has 0 aliphatic heterocycles. The lowest BCUT2D eigenvalue weighted by Crippen LogP contribution is -2.18. The largest absolute Gasteiger partial charge is 0.297 e. The Morgan fingerprint density at radius 1 is 1.00 bits per heavy atom. The van der Waals surface area contributed by atoms with Gasteiger partial charge in [-0.05, 0) is 12.5 Å². The number of hydrogen-bond donors (Lipinski definition) is 1. The molecule has 0 unspecified atom stereocenters. The quantitative estimate of drug-likeness (QED) is 0.733. The van der Waals surface area contributed by atoms with E-state index in [9.17, 15) is 4.79 Å². The molecule has 2 aromatic heterocycles. The molecular weight excluding hydrogens is 262 g/mol. The Balaban J connectivity index is 0.000000510. The van der Waals surface area contributed by atoms with Crippen molar-refractivity contribution in [1.82, 2.24) is 14.6 Å². The highest BCUT2D eigenvalue weighted by atomic mass is 16.1. The highest BCUT2D eigenvalue weighted by molar-refractivity contribution is 5.66. The van der Waals surface area contributed by atoms with Crippen molar-refractivity contribution in [2.75, 3.05) is 0 Å². The predicted octanol–water partition coefficient (Wildman–Crippen LogP) is 4.05. The van der Waals surface area contributed by atoms with Gasteiger partial charge in [-0.15, -0.1) is 0 Å². The van der Waals surface area contributed by atoms with Crippen LogP contribution in [0, 0.1) is 6.92 Å². The Morgan fingerprint density at radius 3 is 2.24 bits per heavy atom. The second kappa shape index (κ2) is 8.04. The fraction of sp³-hybridized carbons (Fsp3) is 0.294. The number of hydrogen-bond acceptors (Lipinski definition) is 2. The fourth-order valence-corrected chi connectivity index (χ4v) is 2.01. The molecule has 0 atom stereocenters. The molecule has 0 radical (unpaired) electrons. The van der Waals surface area contributed by atoms with Crippen molar-refractivity contribution in [2.24, 2.45) is 0 Å². The zero-order chi connectivity index (χ0) is 15.8. The summed E-state index contributed by atoms with van der Waals surface area (Å²) in [5.41, 5.74) is 2.87. The van der Waals surface area contributed by atoms with Gasteiger partial charge in [0.25, 0.3) is 5.56 Å². The maximum atomic E-state index is 12.3. The van der Waals surface area contributed by atoms with Crippen LogP contribution in [0.4, 0.5) is 0 Å². The summed E-state index contributed by atoms with van der Waals surface area (Å²) in [6, 6.07) is 11.4. The van der Waals surface area contributed by atoms with Crippen LogP contribution in [0.25, 0.3) is 16.8 Å². The maximum Gasteiger partial charge on any atom is 0.280 e. The highest BCUT2D eigenvalue weighted by Crippen LogP contribution is 2.17. The molecule has 0 amide bonds. The number of nitrogens with one attached hydrogen (secondary N) is 1. The van der Waals surface area contributed by atoms with Gasteiger partial charge in [-0.3, -0.25) is 9.89 Å². The van der Waals surface area contributed by atoms with Crippen LogP contribution in [0.1, 0.15) is 33.4 Å². The van der Waals surface area contributed by atoms with Crippen molar-refractivity contribution in [2.45, 2.75) is 34.6 Å². The van der Waals surface area contributed by atoms with E-state index in [0.29, 0.717) is 11.2 Å². The molecule has 2 heterocycles. The number of fused-ring (bicyclic) bond motifs is 1. The van der Waals surface area contributed by atoms with Gasteiger partial charge in [0.15, 0.2) is 5.65 Å². The number of aryl methyl sites for hydroxylation is 1. The molecule has 1 aromatic carbocycles. The second-order valence-electron chi connectivity index (χ2n) is 3.90. The molecule has 4 heteroatoms. The Labute approximate surface area is 125 Å². The van der Waals surface area contributed by atoms with Gasteiger partial charge < -0.3 is 0 Å². The van der Waals surface area contributed by atoms with Crippen molar-refractivity contribution >= 4 is 5.65 Å². The lowest BCUT2D eigenvalue weighted by Gasteiger charge is -2.05. The molecule has 0 saturated heterocycles. The minimum absolute atomic E-state index is 0.0660. The summed E-state index contributed by atoms with van der Waals surface area (Å²) < 4.78 is 1.45. The molecule has 1 N–H and O–H groups in total. The van der Waals surface area contributed by atoms with E-state index in [1.54, 1.807) is 12.3 Å². The Bertz CT molecular complexity index is 727. The van der Waals surface area contributed by atoms with Crippen LogP contribution in [-0.2, 0) is 0 Å².